The van der Waals surface area contributed by atoms with Crippen molar-refractivity contribution in [2.45, 2.75) is 39.0 Å². The molecule has 2 heteroatoms. The molecule has 1 N–H and O–H groups in total. The minimum absolute atomic E-state index is 0.431. The maximum Gasteiger partial charge on any atom is 0.118 e. The van der Waals surface area contributed by atoms with Crippen LogP contribution in [0.5, 0.6) is 5.75 Å². The fourth-order valence-electron chi connectivity index (χ4n) is 1.60. The number of hydrogen-bond acceptors (Lipinski definition) is 2. The van der Waals surface area contributed by atoms with Gasteiger partial charge in [0, 0.05) is 13.2 Å². The third-order valence-corrected chi connectivity index (χ3v) is 2.62. The van der Waals surface area contributed by atoms with Crippen LogP contribution in [0.3, 0.4) is 0 Å². The molecule has 1 aliphatic heterocycles. The van der Waals surface area contributed by atoms with Gasteiger partial charge in [-0.1, -0.05) is 31.5 Å². The number of phenolic OH excluding ortho intramolecular Hbond substituents is 1. The fraction of sp³-hybridized carbons (Fsp3) is 0.571. The average Bonchev–Trinajstić information content (AvgIpc) is 2.87. The molecule has 90 valence electrons. The van der Waals surface area contributed by atoms with Crippen molar-refractivity contribution in [2.75, 3.05) is 13.2 Å². The molecular weight excluding hydrogens is 200 g/mol. The van der Waals surface area contributed by atoms with Crippen molar-refractivity contribution >= 4 is 0 Å². The minimum Gasteiger partial charge on any atom is -0.508 e. The topological polar surface area (TPSA) is 29.5 Å². The summed E-state index contributed by atoms with van der Waals surface area (Å²) in [5, 5.41) is 9.34. The molecule has 2 nitrogen and oxygen atoms in total. The van der Waals surface area contributed by atoms with Crippen LogP contribution in [-0.4, -0.2) is 18.3 Å². The zero-order chi connectivity index (χ0) is 11.6. The summed E-state index contributed by atoms with van der Waals surface area (Å²) in [6, 6.07) is 7.53. The third kappa shape index (κ3) is 5.17. The second-order valence-electron chi connectivity index (χ2n) is 4.05. The van der Waals surface area contributed by atoms with Crippen LogP contribution in [0.4, 0.5) is 0 Å². The molecule has 0 saturated carbocycles. The first-order chi connectivity index (χ1) is 7.84. The summed E-state index contributed by atoms with van der Waals surface area (Å²) >= 11 is 0. The standard InChI is InChI=1S/C10H14O.C4H8O/c1-2-3-6-9-7-4-5-8-10(9)11;1-2-4-5-3-1/h4-5,7-8,11H,2-3,6H2,1H3;1-4H2. The van der Waals surface area contributed by atoms with Crippen LogP contribution < -0.4 is 0 Å². The number of rotatable bonds is 3. The normalized spacial score (nSPS) is 14.3. The highest BCUT2D eigenvalue weighted by atomic mass is 16.5. The van der Waals surface area contributed by atoms with Gasteiger partial charge in [0.2, 0.25) is 0 Å². The van der Waals surface area contributed by atoms with Crippen molar-refractivity contribution in [3.8, 4) is 5.75 Å². The van der Waals surface area contributed by atoms with Crippen LogP contribution in [0.2, 0.25) is 0 Å². The molecule has 0 spiro atoms. The summed E-state index contributed by atoms with van der Waals surface area (Å²) in [4.78, 5) is 0. The van der Waals surface area contributed by atoms with Crippen molar-refractivity contribution in [1.29, 1.82) is 0 Å². The Balaban J connectivity index is 0.000000212. The Labute approximate surface area is 98.3 Å². The maximum atomic E-state index is 9.34. The quantitative estimate of drug-likeness (QED) is 0.847. The van der Waals surface area contributed by atoms with Crippen molar-refractivity contribution in [3.63, 3.8) is 0 Å². The highest BCUT2D eigenvalue weighted by Gasteiger charge is 1.96. The molecule has 0 bridgehead atoms. The summed E-state index contributed by atoms with van der Waals surface area (Å²) in [6.07, 6.45) is 5.87. The van der Waals surface area contributed by atoms with Gasteiger partial charge in [-0.15, -0.1) is 0 Å². The van der Waals surface area contributed by atoms with Gasteiger partial charge in [-0.25, -0.2) is 0 Å². The number of aromatic hydroxyl groups is 1. The van der Waals surface area contributed by atoms with Crippen LogP contribution in [0, 0.1) is 0 Å². The van der Waals surface area contributed by atoms with E-state index in [2.05, 4.69) is 6.92 Å². The van der Waals surface area contributed by atoms with Crippen LogP contribution in [-0.2, 0) is 11.2 Å². The van der Waals surface area contributed by atoms with E-state index in [9.17, 15) is 5.11 Å². The summed E-state index contributed by atoms with van der Waals surface area (Å²) in [6.45, 7) is 4.15. The third-order valence-electron chi connectivity index (χ3n) is 2.62. The fourth-order valence-corrected chi connectivity index (χ4v) is 1.60. The molecule has 0 radical (unpaired) electrons. The van der Waals surface area contributed by atoms with Gasteiger partial charge in [0.25, 0.3) is 0 Å². The van der Waals surface area contributed by atoms with Crippen LogP contribution in [0.15, 0.2) is 24.3 Å². The second kappa shape index (κ2) is 8.17. The Morgan fingerprint density at radius 3 is 2.38 bits per heavy atom. The molecule has 0 unspecified atom stereocenters. The van der Waals surface area contributed by atoms with E-state index in [0.29, 0.717) is 5.75 Å². The Kier molecular flexibility index (Phi) is 6.66. The van der Waals surface area contributed by atoms with Gasteiger partial charge < -0.3 is 9.84 Å². The van der Waals surface area contributed by atoms with Gasteiger partial charge in [-0.2, -0.15) is 0 Å². The Bertz CT molecular complexity index is 272. The summed E-state index contributed by atoms with van der Waals surface area (Å²) in [7, 11) is 0. The van der Waals surface area contributed by atoms with E-state index in [1.54, 1.807) is 6.07 Å². The van der Waals surface area contributed by atoms with E-state index < -0.39 is 0 Å². The van der Waals surface area contributed by atoms with Gasteiger partial charge in [0.1, 0.15) is 5.75 Å². The number of aryl methyl sites for hydroxylation is 1. The zero-order valence-electron chi connectivity index (χ0n) is 10.1. The molecule has 0 amide bonds. The molecule has 16 heavy (non-hydrogen) atoms. The molecule has 1 aliphatic rings. The molecule has 0 atom stereocenters. The first kappa shape index (κ1) is 13.0. The smallest absolute Gasteiger partial charge is 0.118 e. The number of benzene rings is 1. The molecule has 2 rings (SSSR count). The van der Waals surface area contributed by atoms with Crippen molar-refractivity contribution < 1.29 is 9.84 Å². The lowest BCUT2D eigenvalue weighted by molar-refractivity contribution is 0.198. The first-order valence-corrected chi connectivity index (χ1v) is 6.19. The lowest BCUT2D eigenvalue weighted by atomic mass is 10.1. The van der Waals surface area contributed by atoms with Gasteiger partial charge in [-0.05, 0) is 37.3 Å². The molecule has 0 aromatic heterocycles. The molecule has 0 aliphatic carbocycles. The van der Waals surface area contributed by atoms with Crippen LogP contribution >= 0.6 is 0 Å². The van der Waals surface area contributed by atoms with Crippen molar-refractivity contribution in [3.05, 3.63) is 29.8 Å². The first-order valence-electron chi connectivity index (χ1n) is 6.19. The SMILES string of the molecule is C1CCOC1.CCCCc1ccccc1O. The number of ether oxygens (including phenoxy) is 1. The molecule has 1 fully saturated rings. The van der Waals surface area contributed by atoms with Crippen molar-refractivity contribution in [1.82, 2.24) is 0 Å². The molecule has 1 saturated heterocycles. The average molecular weight is 222 g/mol. The lowest BCUT2D eigenvalue weighted by Gasteiger charge is -2.01. The molecule has 1 heterocycles. The van der Waals surface area contributed by atoms with Gasteiger partial charge in [0.05, 0.1) is 0 Å². The van der Waals surface area contributed by atoms with E-state index >= 15 is 0 Å². The zero-order valence-corrected chi connectivity index (χ0v) is 10.1. The number of unbranched alkanes of at least 4 members (excludes halogenated alkanes) is 1. The van der Waals surface area contributed by atoms with Gasteiger partial charge in [0.15, 0.2) is 0 Å². The number of phenols is 1. The molecule has 1 aromatic carbocycles. The highest BCUT2D eigenvalue weighted by molar-refractivity contribution is 5.31. The molecule has 1 aromatic rings. The van der Waals surface area contributed by atoms with Gasteiger partial charge >= 0.3 is 0 Å². The van der Waals surface area contributed by atoms with Crippen molar-refractivity contribution in [2.24, 2.45) is 0 Å². The van der Waals surface area contributed by atoms with Crippen LogP contribution in [0.25, 0.3) is 0 Å². The number of para-hydroxylation sites is 1. The summed E-state index contributed by atoms with van der Waals surface area (Å²) in [5.41, 5.74) is 1.06. The lowest BCUT2D eigenvalue weighted by Crippen LogP contribution is -1.83. The van der Waals surface area contributed by atoms with Crippen LogP contribution in [0.1, 0.15) is 38.2 Å². The van der Waals surface area contributed by atoms with E-state index in [1.165, 1.54) is 19.3 Å². The largest absolute Gasteiger partial charge is 0.508 e. The van der Waals surface area contributed by atoms with E-state index in [0.717, 1.165) is 31.6 Å². The highest BCUT2D eigenvalue weighted by Crippen LogP contribution is 2.17. The maximum absolute atomic E-state index is 9.34. The monoisotopic (exact) mass is 222 g/mol. The second-order valence-corrected chi connectivity index (χ2v) is 4.05. The summed E-state index contributed by atoms with van der Waals surface area (Å²) < 4.78 is 4.94. The van der Waals surface area contributed by atoms with Gasteiger partial charge in [-0.3, -0.25) is 0 Å². The van der Waals surface area contributed by atoms with E-state index in [1.807, 2.05) is 18.2 Å². The Morgan fingerprint density at radius 2 is 1.88 bits per heavy atom. The number of hydrogen-bond donors (Lipinski definition) is 1. The Morgan fingerprint density at radius 1 is 1.19 bits per heavy atom. The van der Waals surface area contributed by atoms with E-state index in [4.69, 9.17) is 4.74 Å². The minimum atomic E-state index is 0.431. The Hall–Kier alpha value is -1.02. The predicted molar refractivity (Wildman–Crippen MR) is 66.8 cm³/mol. The predicted octanol–water partition coefficient (Wildman–Crippen LogP) is 3.53. The van der Waals surface area contributed by atoms with E-state index in [-0.39, 0.29) is 0 Å². The summed E-state index contributed by atoms with van der Waals surface area (Å²) in [5.74, 6) is 0.431. The molecular formula is C14H22O2.